The SMILES string of the molecule is CCCC[C@H](N)c1cccc(F)c1Br. The minimum absolute atomic E-state index is 0.0694. The largest absolute Gasteiger partial charge is 0.324 e. The Morgan fingerprint density at radius 1 is 1.50 bits per heavy atom. The molecular weight excluding hydrogens is 245 g/mol. The summed E-state index contributed by atoms with van der Waals surface area (Å²) in [5.41, 5.74) is 6.81. The van der Waals surface area contributed by atoms with Crippen LogP contribution in [0.25, 0.3) is 0 Å². The topological polar surface area (TPSA) is 26.0 Å². The predicted molar refractivity (Wildman–Crippen MR) is 60.6 cm³/mol. The Kier molecular flexibility index (Phi) is 4.55. The molecular formula is C11H15BrFN. The minimum atomic E-state index is -0.241. The van der Waals surface area contributed by atoms with Crippen LogP contribution in [0.5, 0.6) is 0 Å². The summed E-state index contributed by atoms with van der Waals surface area (Å²) in [5, 5.41) is 0. The zero-order valence-electron chi connectivity index (χ0n) is 8.26. The lowest BCUT2D eigenvalue weighted by molar-refractivity contribution is 0.582. The molecule has 0 saturated carbocycles. The van der Waals surface area contributed by atoms with Gasteiger partial charge >= 0.3 is 0 Å². The van der Waals surface area contributed by atoms with Gasteiger partial charge in [-0.2, -0.15) is 0 Å². The first-order valence-corrected chi connectivity index (χ1v) is 5.65. The van der Waals surface area contributed by atoms with Gasteiger partial charge in [0.2, 0.25) is 0 Å². The van der Waals surface area contributed by atoms with E-state index in [9.17, 15) is 4.39 Å². The molecule has 0 amide bonds. The lowest BCUT2D eigenvalue weighted by atomic mass is 10.0. The summed E-state index contributed by atoms with van der Waals surface area (Å²) in [6.07, 6.45) is 3.09. The Bertz CT molecular complexity index is 301. The maximum atomic E-state index is 13.2. The van der Waals surface area contributed by atoms with Crippen molar-refractivity contribution in [2.75, 3.05) is 0 Å². The molecule has 0 spiro atoms. The number of hydrogen-bond donors (Lipinski definition) is 1. The van der Waals surface area contributed by atoms with Gasteiger partial charge in [0.1, 0.15) is 5.82 Å². The normalized spacial score (nSPS) is 12.9. The summed E-state index contributed by atoms with van der Waals surface area (Å²) in [4.78, 5) is 0. The lowest BCUT2D eigenvalue weighted by Crippen LogP contribution is -2.11. The Balaban J connectivity index is 2.79. The quantitative estimate of drug-likeness (QED) is 0.875. The second-order valence-electron chi connectivity index (χ2n) is 3.39. The van der Waals surface area contributed by atoms with E-state index >= 15 is 0 Å². The molecule has 0 aliphatic rings. The van der Waals surface area contributed by atoms with Gasteiger partial charge in [-0.1, -0.05) is 31.9 Å². The van der Waals surface area contributed by atoms with Crippen molar-refractivity contribution in [2.45, 2.75) is 32.2 Å². The van der Waals surface area contributed by atoms with E-state index in [0.29, 0.717) is 4.47 Å². The van der Waals surface area contributed by atoms with Gasteiger partial charge in [0.25, 0.3) is 0 Å². The first-order valence-electron chi connectivity index (χ1n) is 4.86. The maximum absolute atomic E-state index is 13.2. The third-order valence-electron chi connectivity index (χ3n) is 2.25. The third-order valence-corrected chi connectivity index (χ3v) is 3.09. The molecule has 0 saturated heterocycles. The van der Waals surface area contributed by atoms with Crippen molar-refractivity contribution < 1.29 is 4.39 Å². The van der Waals surface area contributed by atoms with Crippen molar-refractivity contribution in [3.8, 4) is 0 Å². The fraction of sp³-hybridized carbons (Fsp3) is 0.455. The van der Waals surface area contributed by atoms with Crippen molar-refractivity contribution in [1.29, 1.82) is 0 Å². The molecule has 78 valence electrons. The van der Waals surface area contributed by atoms with E-state index < -0.39 is 0 Å². The highest BCUT2D eigenvalue weighted by molar-refractivity contribution is 9.10. The second kappa shape index (κ2) is 5.47. The van der Waals surface area contributed by atoms with Gasteiger partial charge in [-0.3, -0.25) is 0 Å². The number of rotatable bonds is 4. The van der Waals surface area contributed by atoms with E-state index in [2.05, 4.69) is 22.9 Å². The van der Waals surface area contributed by atoms with Gasteiger partial charge in [0, 0.05) is 6.04 Å². The molecule has 0 unspecified atom stereocenters. The molecule has 0 bridgehead atoms. The van der Waals surface area contributed by atoms with Gasteiger partial charge in [0.15, 0.2) is 0 Å². The van der Waals surface area contributed by atoms with Crippen LogP contribution >= 0.6 is 15.9 Å². The highest BCUT2D eigenvalue weighted by Gasteiger charge is 2.11. The summed E-state index contributed by atoms with van der Waals surface area (Å²) in [6.45, 7) is 2.12. The molecule has 0 fully saturated rings. The van der Waals surface area contributed by atoms with E-state index in [1.54, 1.807) is 6.07 Å². The van der Waals surface area contributed by atoms with E-state index in [4.69, 9.17) is 5.73 Å². The molecule has 0 aliphatic carbocycles. The molecule has 1 atom stereocenters. The summed E-state index contributed by atoms with van der Waals surface area (Å²) >= 11 is 3.22. The standard InChI is InChI=1S/C11H15BrFN/c1-2-3-7-10(14)8-5-4-6-9(13)11(8)12/h4-6,10H,2-3,7,14H2,1H3/t10-/m0/s1. The molecule has 1 nitrogen and oxygen atoms in total. The fourth-order valence-electron chi connectivity index (χ4n) is 1.39. The molecule has 1 aromatic carbocycles. The predicted octanol–water partition coefficient (Wildman–Crippen LogP) is 3.78. The van der Waals surface area contributed by atoms with Crippen molar-refractivity contribution in [3.05, 3.63) is 34.1 Å². The van der Waals surface area contributed by atoms with Crippen LogP contribution in [-0.2, 0) is 0 Å². The summed E-state index contributed by atoms with van der Waals surface area (Å²) in [6, 6.07) is 4.93. The number of halogens is 2. The van der Waals surface area contributed by atoms with Crippen molar-refractivity contribution in [2.24, 2.45) is 5.73 Å². The van der Waals surface area contributed by atoms with Gasteiger partial charge in [-0.15, -0.1) is 0 Å². The molecule has 14 heavy (non-hydrogen) atoms. The van der Waals surface area contributed by atoms with Crippen LogP contribution in [0.3, 0.4) is 0 Å². The zero-order valence-corrected chi connectivity index (χ0v) is 9.85. The third kappa shape index (κ3) is 2.79. The van der Waals surface area contributed by atoms with Gasteiger partial charge in [-0.05, 0) is 34.0 Å². The molecule has 0 aliphatic heterocycles. The molecule has 0 radical (unpaired) electrons. The van der Waals surface area contributed by atoms with E-state index in [1.807, 2.05) is 6.07 Å². The maximum Gasteiger partial charge on any atom is 0.137 e. The Morgan fingerprint density at radius 2 is 2.21 bits per heavy atom. The number of hydrogen-bond acceptors (Lipinski definition) is 1. The lowest BCUT2D eigenvalue weighted by Gasteiger charge is -2.13. The number of unbranched alkanes of at least 4 members (excludes halogenated alkanes) is 1. The summed E-state index contributed by atoms with van der Waals surface area (Å²) < 4.78 is 13.7. The average molecular weight is 260 g/mol. The van der Waals surface area contributed by atoms with Crippen molar-refractivity contribution in [1.82, 2.24) is 0 Å². The van der Waals surface area contributed by atoms with Crippen LogP contribution in [0.4, 0.5) is 4.39 Å². The molecule has 0 aromatic heterocycles. The zero-order chi connectivity index (χ0) is 10.6. The highest BCUT2D eigenvalue weighted by Crippen LogP contribution is 2.27. The molecule has 2 N–H and O–H groups in total. The average Bonchev–Trinajstić information content (AvgIpc) is 2.18. The fourth-order valence-corrected chi connectivity index (χ4v) is 1.94. The van der Waals surface area contributed by atoms with Crippen LogP contribution in [-0.4, -0.2) is 0 Å². The van der Waals surface area contributed by atoms with Gasteiger partial charge in [-0.25, -0.2) is 4.39 Å². The smallest absolute Gasteiger partial charge is 0.137 e. The first kappa shape index (κ1) is 11.7. The van der Waals surface area contributed by atoms with Crippen LogP contribution < -0.4 is 5.73 Å². The summed E-state index contributed by atoms with van der Waals surface area (Å²) in [5.74, 6) is -0.241. The van der Waals surface area contributed by atoms with Gasteiger partial charge < -0.3 is 5.73 Å². The van der Waals surface area contributed by atoms with Crippen LogP contribution in [0.2, 0.25) is 0 Å². The minimum Gasteiger partial charge on any atom is -0.324 e. The number of benzene rings is 1. The van der Waals surface area contributed by atoms with E-state index in [-0.39, 0.29) is 11.9 Å². The van der Waals surface area contributed by atoms with E-state index in [0.717, 1.165) is 24.8 Å². The first-order chi connectivity index (χ1) is 6.66. The van der Waals surface area contributed by atoms with Crippen molar-refractivity contribution >= 4 is 15.9 Å². The molecule has 3 heteroatoms. The van der Waals surface area contributed by atoms with Crippen LogP contribution in [0, 0.1) is 5.82 Å². The van der Waals surface area contributed by atoms with Crippen LogP contribution in [0.15, 0.2) is 22.7 Å². The highest BCUT2D eigenvalue weighted by atomic mass is 79.9. The molecule has 1 aromatic rings. The number of nitrogens with two attached hydrogens (primary N) is 1. The molecule has 1 rings (SSSR count). The van der Waals surface area contributed by atoms with Crippen LogP contribution in [0.1, 0.15) is 37.8 Å². The van der Waals surface area contributed by atoms with Gasteiger partial charge in [0.05, 0.1) is 4.47 Å². The summed E-state index contributed by atoms with van der Waals surface area (Å²) in [7, 11) is 0. The van der Waals surface area contributed by atoms with E-state index in [1.165, 1.54) is 6.07 Å². The Morgan fingerprint density at radius 3 is 2.86 bits per heavy atom. The second-order valence-corrected chi connectivity index (χ2v) is 4.18. The molecule has 0 heterocycles. The monoisotopic (exact) mass is 259 g/mol. The Labute approximate surface area is 92.6 Å². The Hall–Kier alpha value is -0.410. The van der Waals surface area contributed by atoms with Crippen molar-refractivity contribution in [3.63, 3.8) is 0 Å².